The number of hydrogen-bond acceptors (Lipinski definition) is 2. The van der Waals surface area contributed by atoms with Crippen molar-refractivity contribution < 1.29 is 0 Å². The Hall–Kier alpha value is -1.12. The van der Waals surface area contributed by atoms with Crippen molar-refractivity contribution in [2.24, 2.45) is 0 Å². The second-order valence-electron chi connectivity index (χ2n) is 5.93. The molecule has 1 heterocycles. The Labute approximate surface area is 124 Å². The number of benzene rings is 1. The lowest BCUT2D eigenvalue weighted by Gasteiger charge is -2.36. The van der Waals surface area contributed by atoms with Gasteiger partial charge >= 0.3 is 0 Å². The topological polar surface area (TPSA) is 6.48 Å². The van der Waals surface area contributed by atoms with Crippen molar-refractivity contribution in [2.45, 2.75) is 33.2 Å². The van der Waals surface area contributed by atoms with Crippen LogP contribution in [-0.2, 0) is 6.42 Å². The van der Waals surface area contributed by atoms with Crippen molar-refractivity contribution in [3.63, 3.8) is 0 Å². The van der Waals surface area contributed by atoms with E-state index in [2.05, 4.69) is 67.0 Å². The first-order chi connectivity index (χ1) is 9.69. The van der Waals surface area contributed by atoms with Crippen LogP contribution >= 0.6 is 0 Å². The second-order valence-corrected chi connectivity index (χ2v) is 5.93. The predicted octanol–water partition coefficient (Wildman–Crippen LogP) is 3.29. The van der Waals surface area contributed by atoms with Crippen molar-refractivity contribution in [3.8, 4) is 0 Å². The molecule has 0 radical (unpaired) electrons. The van der Waals surface area contributed by atoms with E-state index in [1.807, 2.05) is 0 Å². The largest absolute Gasteiger partial charge is 0.298 e. The van der Waals surface area contributed by atoms with Crippen LogP contribution < -0.4 is 0 Å². The number of aryl methyl sites for hydroxylation is 1. The predicted molar refractivity (Wildman–Crippen MR) is 88.0 cm³/mol. The van der Waals surface area contributed by atoms with Gasteiger partial charge in [-0.25, -0.2) is 0 Å². The summed E-state index contributed by atoms with van der Waals surface area (Å²) in [6.07, 6.45) is 5.66. The smallest absolute Gasteiger partial charge is 0.0167 e. The Kier molecular flexibility index (Phi) is 5.81. The van der Waals surface area contributed by atoms with Crippen LogP contribution in [0.3, 0.4) is 0 Å². The normalized spacial score (nSPS) is 18.2. The second kappa shape index (κ2) is 7.61. The van der Waals surface area contributed by atoms with Crippen molar-refractivity contribution in [1.82, 2.24) is 9.80 Å². The molecule has 1 saturated heterocycles. The van der Waals surface area contributed by atoms with Gasteiger partial charge in [-0.2, -0.15) is 0 Å². The number of rotatable bonds is 5. The van der Waals surface area contributed by atoms with Gasteiger partial charge in [0, 0.05) is 38.8 Å². The molecule has 1 aromatic rings. The van der Waals surface area contributed by atoms with E-state index in [0.29, 0.717) is 6.04 Å². The maximum Gasteiger partial charge on any atom is 0.0167 e. The van der Waals surface area contributed by atoms with Gasteiger partial charge < -0.3 is 0 Å². The molecule has 2 rings (SSSR count). The van der Waals surface area contributed by atoms with Gasteiger partial charge in [0.1, 0.15) is 0 Å². The summed E-state index contributed by atoms with van der Waals surface area (Å²) in [5.41, 5.74) is 2.72. The molecule has 0 spiro atoms. The molecule has 0 bridgehead atoms. The van der Waals surface area contributed by atoms with E-state index in [4.69, 9.17) is 0 Å². The van der Waals surface area contributed by atoms with Crippen LogP contribution in [0, 0.1) is 0 Å². The summed E-state index contributed by atoms with van der Waals surface area (Å²) < 4.78 is 0. The SMILES string of the molecule is CCc1ccc(/C=C/CN2CCN(C(C)C)CC2)cc1. The highest BCUT2D eigenvalue weighted by Gasteiger charge is 2.17. The van der Waals surface area contributed by atoms with Crippen LogP contribution in [0.2, 0.25) is 0 Å². The van der Waals surface area contributed by atoms with E-state index in [1.165, 1.54) is 37.3 Å². The highest BCUT2D eigenvalue weighted by molar-refractivity contribution is 5.49. The minimum atomic E-state index is 0.685. The van der Waals surface area contributed by atoms with Crippen molar-refractivity contribution >= 4 is 6.08 Å². The highest BCUT2D eigenvalue weighted by atomic mass is 15.3. The molecule has 0 aliphatic carbocycles. The fourth-order valence-electron chi connectivity index (χ4n) is 2.66. The van der Waals surface area contributed by atoms with E-state index >= 15 is 0 Å². The fourth-order valence-corrected chi connectivity index (χ4v) is 2.66. The van der Waals surface area contributed by atoms with Crippen LogP contribution in [0.4, 0.5) is 0 Å². The van der Waals surface area contributed by atoms with E-state index in [0.717, 1.165) is 13.0 Å². The van der Waals surface area contributed by atoms with Gasteiger partial charge in [0.25, 0.3) is 0 Å². The van der Waals surface area contributed by atoms with E-state index < -0.39 is 0 Å². The molecule has 0 N–H and O–H groups in total. The molecule has 1 aliphatic rings. The first kappa shape index (κ1) is 15.3. The lowest BCUT2D eigenvalue weighted by atomic mass is 10.1. The summed E-state index contributed by atoms with van der Waals surface area (Å²) in [4.78, 5) is 5.10. The first-order valence-electron chi connectivity index (χ1n) is 7.91. The summed E-state index contributed by atoms with van der Waals surface area (Å²) >= 11 is 0. The molecule has 2 heteroatoms. The monoisotopic (exact) mass is 272 g/mol. The van der Waals surface area contributed by atoms with Crippen LogP contribution in [0.5, 0.6) is 0 Å². The minimum Gasteiger partial charge on any atom is -0.298 e. The van der Waals surface area contributed by atoms with Crippen molar-refractivity contribution in [2.75, 3.05) is 32.7 Å². The van der Waals surface area contributed by atoms with Crippen LogP contribution in [0.25, 0.3) is 6.08 Å². The molecule has 2 nitrogen and oxygen atoms in total. The minimum absolute atomic E-state index is 0.685. The first-order valence-corrected chi connectivity index (χ1v) is 7.91. The molecule has 20 heavy (non-hydrogen) atoms. The van der Waals surface area contributed by atoms with E-state index in [-0.39, 0.29) is 0 Å². The molecule has 0 unspecified atom stereocenters. The van der Waals surface area contributed by atoms with Gasteiger partial charge in [-0.3, -0.25) is 9.80 Å². The number of hydrogen-bond donors (Lipinski definition) is 0. The Morgan fingerprint density at radius 1 is 1.05 bits per heavy atom. The van der Waals surface area contributed by atoms with Gasteiger partial charge in [0.05, 0.1) is 0 Å². The Balaban J connectivity index is 1.76. The number of nitrogens with zero attached hydrogens (tertiary/aromatic N) is 2. The van der Waals surface area contributed by atoms with Gasteiger partial charge in [-0.15, -0.1) is 0 Å². The average molecular weight is 272 g/mol. The molecule has 0 saturated carbocycles. The molecule has 1 aromatic carbocycles. The maximum atomic E-state index is 2.56. The lowest BCUT2D eigenvalue weighted by Crippen LogP contribution is -2.48. The highest BCUT2D eigenvalue weighted by Crippen LogP contribution is 2.08. The zero-order valence-electron chi connectivity index (χ0n) is 13.2. The Bertz CT molecular complexity index is 412. The quantitative estimate of drug-likeness (QED) is 0.811. The van der Waals surface area contributed by atoms with Gasteiger partial charge in [0.2, 0.25) is 0 Å². The molecule has 0 atom stereocenters. The molecule has 1 aliphatic heterocycles. The Morgan fingerprint density at radius 3 is 2.25 bits per heavy atom. The standard InChI is InChI=1S/C18H28N2/c1-4-17-7-9-18(10-8-17)6-5-11-19-12-14-20(15-13-19)16(2)3/h5-10,16H,4,11-15H2,1-3H3/b6-5+. The summed E-state index contributed by atoms with van der Waals surface area (Å²) in [6, 6.07) is 9.56. The van der Waals surface area contributed by atoms with Crippen molar-refractivity contribution in [1.29, 1.82) is 0 Å². The number of piperazine rings is 1. The summed E-state index contributed by atoms with van der Waals surface area (Å²) in [7, 11) is 0. The van der Waals surface area contributed by atoms with Gasteiger partial charge in [-0.05, 0) is 31.4 Å². The average Bonchev–Trinajstić information content (AvgIpc) is 2.48. The molecule has 1 fully saturated rings. The lowest BCUT2D eigenvalue weighted by molar-refractivity contribution is 0.117. The fraction of sp³-hybridized carbons (Fsp3) is 0.556. The summed E-state index contributed by atoms with van der Waals surface area (Å²) in [6.45, 7) is 12.6. The van der Waals surface area contributed by atoms with E-state index in [1.54, 1.807) is 0 Å². The molecule has 0 aromatic heterocycles. The third-order valence-corrected chi connectivity index (χ3v) is 4.20. The van der Waals surface area contributed by atoms with Gasteiger partial charge in [-0.1, -0.05) is 43.3 Å². The Morgan fingerprint density at radius 2 is 1.70 bits per heavy atom. The molecular weight excluding hydrogens is 244 g/mol. The third kappa shape index (κ3) is 4.46. The van der Waals surface area contributed by atoms with E-state index in [9.17, 15) is 0 Å². The summed E-state index contributed by atoms with van der Waals surface area (Å²) in [5.74, 6) is 0. The third-order valence-electron chi connectivity index (χ3n) is 4.20. The zero-order chi connectivity index (χ0) is 14.4. The molecule has 110 valence electrons. The molecule has 0 amide bonds. The maximum absolute atomic E-state index is 2.56. The molecular formula is C18H28N2. The summed E-state index contributed by atoms with van der Waals surface area (Å²) in [5, 5.41) is 0. The van der Waals surface area contributed by atoms with Gasteiger partial charge in [0.15, 0.2) is 0 Å². The van der Waals surface area contributed by atoms with Crippen LogP contribution in [-0.4, -0.2) is 48.6 Å². The van der Waals surface area contributed by atoms with Crippen molar-refractivity contribution in [3.05, 3.63) is 41.5 Å². The van der Waals surface area contributed by atoms with Crippen LogP contribution in [0.1, 0.15) is 31.9 Å². The van der Waals surface area contributed by atoms with Crippen LogP contribution in [0.15, 0.2) is 30.3 Å². The zero-order valence-corrected chi connectivity index (χ0v) is 13.2.